The Hall–Kier alpha value is -1.69. The van der Waals surface area contributed by atoms with Crippen LogP contribution < -0.4 is 11.1 Å². The normalized spacial score (nSPS) is 11.4. The van der Waals surface area contributed by atoms with Gasteiger partial charge in [-0.25, -0.2) is 0 Å². The summed E-state index contributed by atoms with van der Waals surface area (Å²) in [6.45, 7) is 1.90. The molecule has 0 atom stereocenters. The number of rotatable bonds is 2. The van der Waals surface area contributed by atoms with Crippen molar-refractivity contribution in [2.45, 2.75) is 13.1 Å². The molecule has 0 saturated carbocycles. The molecular weight excluding hydrogens is 333 g/mol. The van der Waals surface area contributed by atoms with Crippen LogP contribution in [0.25, 0.3) is 0 Å². The lowest BCUT2D eigenvalue weighted by molar-refractivity contribution is -0.136. The fraction of sp³-hybridized carbons (Fsp3) is 0.143. The van der Waals surface area contributed by atoms with Crippen molar-refractivity contribution in [3.8, 4) is 0 Å². The molecule has 20 heavy (non-hydrogen) atoms. The SMILES string of the molecule is Cc1cc(Br)cc(Nc2ccc(N)c(C(F)(F)F)c2)c1. The highest BCUT2D eigenvalue weighted by molar-refractivity contribution is 9.10. The lowest BCUT2D eigenvalue weighted by Gasteiger charge is -2.13. The van der Waals surface area contributed by atoms with Crippen LogP contribution in [0.5, 0.6) is 0 Å². The largest absolute Gasteiger partial charge is 0.418 e. The maximum Gasteiger partial charge on any atom is 0.418 e. The summed E-state index contributed by atoms with van der Waals surface area (Å²) in [6.07, 6.45) is -4.46. The average Bonchev–Trinajstić information content (AvgIpc) is 2.29. The summed E-state index contributed by atoms with van der Waals surface area (Å²) in [5.41, 5.74) is 6.27. The number of nitrogens with two attached hydrogens (primary N) is 1. The summed E-state index contributed by atoms with van der Waals surface area (Å²) in [7, 11) is 0. The zero-order chi connectivity index (χ0) is 14.9. The van der Waals surface area contributed by atoms with E-state index in [1.807, 2.05) is 19.1 Å². The third kappa shape index (κ3) is 3.45. The molecule has 0 radical (unpaired) electrons. The Morgan fingerprint density at radius 2 is 1.75 bits per heavy atom. The average molecular weight is 345 g/mol. The van der Waals surface area contributed by atoms with Gasteiger partial charge in [0, 0.05) is 21.5 Å². The summed E-state index contributed by atoms with van der Waals surface area (Å²) < 4.78 is 39.2. The first-order valence-corrected chi connectivity index (χ1v) is 6.56. The standard InChI is InChI=1S/C14H12BrF3N2/c1-8-4-9(15)6-11(5-8)20-10-2-3-13(19)12(7-10)14(16,17)18/h2-7,20H,19H2,1H3. The molecule has 0 spiro atoms. The second-order valence-corrected chi connectivity index (χ2v) is 5.36. The highest BCUT2D eigenvalue weighted by Crippen LogP contribution is 2.35. The lowest BCUT2D eigenvalue weighted by atomic mass is 10.1. The van der Waals surface area contributed by atoms with Crippen LogP contribution in [-0.4, -0.2) is 0 Å². The molecule has 2 aromatic rings. The Morgan fingerprint density at radius 3 is 2.35 bits per heavy atom. The smallest absolute Gasteiger partial charge is 0.398 e. The third-order valence-corrected chi connectivity index (χ3v) is 3.15. The van der Waals surface area contributed by atoms with Crippen LogP contribution in [-0.2, 0) is 6.18 Å². The van der Waals surface area contributed by atoms with E-state index in [4.69, 9.17) is 5.73 Å². The number of aryl methyl sites for hydroxylation is 1. The minimum Gasteiger partial charge on any atom is -0.398 e. The first-order chi connectivity index (χ1) is 9.25. The molecule has 2 nitrogen and oxygen atoms in total. The van der Waals surface area contributed by atoms with Gasteiger partial charge in [-0.3, -0.25) is 0 Å². The second-order valence-electron chi connectivity index (χ2n) is 4.44. The number of benzene rings is 2. The van der Waals surface area contributed by atoms with E-state index in [1.165, 1.54) is 12.1 Å². The molecule has 0 bridgehead atoms. The number of alkyl halides is 3. The highest BCUT2D eigenvalue weighted by atomic mass is 79.9. The Morgan fingerprint density at radius 1 is 1.05 bits per heavy atom. The molecule has 2 rings (SSSR count). The number of nitrogen functional groups attached to an aromatic ring is 1. The Kier molecular flexibility index (Phi) is 3.94. The molecule has 6 heteroatoms. The lowest BCUT2D eigenvalue weighted by Crippen LogP contribution is -2.09. The minimum atomic E-state index is -4.46. The van der Waals surface area contributed by atoms with E-state index in [0.717, 1.165) is 16.1 Å². The quantitative estimate of drug-likeness (QED) is 0.743. The molecule has 2 aromatic carbocycles. The van der Waals surface area contributed by atoms with Crippen molar-refractivity contribution in [2.24, 2.45) is 0 Å². The molecule has 0 aliphatic rings. The van der Waals surface area contributed by atoms with E-state index in [1.54, 1.807) is 6.07 Å². The van der Waals surface area contributed by atoms with Gasteiger partial charge in [0.15, 0.2) is 0 Å². The monoisotopic (exact) mass is 344 g/mol. The molecule has 3 N–H and O–H groups in total. The molecule has 0 saturated heterocycles. The Labute approximate surface area is 122 Å². The number of hydrogen-bond donors (Lipinski definition) is 2. The van der Waals surface area contributed by atoms with Gasteiger partial charge in [-0.05, 0) is 48.9 Å². The van der Waals surface area contributed by atoms with Crippen molar-refractivity contribution >= 4 is 33.0 Å². The van der Waals surface area contributed by atoms with Gasteiger partial charge in [0.05, 0.1) is 5.56 Å². The summed E-state index contributed by atoms with van der Waals surface area (Å²) in [6, 6.07) is 9.31. The number of hydrogen-bond acceptors (Lipinski definition) is 2. The van der Waals surface area contributed by atoms with Crippen molar-refractivity contribution in [2.75, 3.05) is 11.1 Å². The molecule has 0 fully saturated rings. The summed E-state index contributed by atoms with van der Waals surface area (Å²) >= 11 is 3.34. The molecular formula is C14H12BrF3N2. The van der Waals surface area contributed by atoms with Crippen molar-refractivity contribution in [3.05, 3.63) is 52.0 Å². The third-order valence-electron chi connectivity index (χ3n) is 2.69. The van der Waals surface area contributed by atoms with E-state index in [-0.39, 0.29) is 5.69 Å². The van der Waals surface area contributed by atoms with Gasteiger partial charge in [0.25, 0.3) is 0 Å². The van der Waals surface area contributed by atoms with E-state index in [0.29, 0.717) is 11.4 Å². The molecule has 0 heterocycles. The first kappa shape index (κ1) is 14.7. The summed E-state index contributed by atoms with van der Waals surface area (Å²) in [5, 5.41) is 2.94. The number of anilines is 3. The van der Waals surface area contributed by atoms with Crippen molar-refractivity contribution in [1.82, 2.24) is 0 Å². The zero-order valence-corrected chi connectivity index (χ0v) is 12.1. The predicted octanol–water partition coefficient (Wildman–Crippen LogP) is 5.10. The minimum absolute atomic E-state index is 0.284. The number of halogens is 4. The van der Waals surface area contributed by atoms with Crippen molar-refractivity contribution < 1.29 is 13.2 Å². The fourth-order valence-corrected chi connectivity index (χ4v) is 2.46. The van der Waals surface area contributed by atoms with Crippen molar-refractivity contribution in [1.29, 1.82) is 0 Å². The maximum absolute atomic E-state index is 12.8. The van der Waals surface area contributed by atoms with Crippen LogP contribution in [0.1, 0.15) is 11.1 Å². The van der Waals surface area contributed by atoms with Crippen LogP contribution >= 0.6 is 15.9 Å². The highest BCUT2D eigenvalue weighted by Gasteiger charge is 2.33. The van der Waals surface area contributed by atoms with Gasteiger partial charge in [-0.2, -0.15) is 13.2 Å². The van der Waals surface area contributed by atoms with E-state index >= 15 is 0 Å². The fourth-order valence-electron chi connectivity index (χ4n) is 1.85. The van der Waals surface area contributed by atoms with E-state index in [2.05, 4.69) is 21.2 Å². The summed E-state index contributed by atoms with van der Waals surface area (Å²) in [5.74, 6) is 0. The Balaban J connectivity index is 2.35. The van der Waals surface area contributed by atoms with Gasteiger partial charge in [0.2, 0.25) is 0 Å². The number of nitrogens with one attached hydrogen (secondary N) is 1. The van der Waals surface area contributed by atoms with Gasteiger partial charge in [0.1, 0.15) is 0 Å². The first-order valence-electron chi connectivity index (χ1n) is 5.76. The van der Waals surface area contributed by atoms with Crippen LogP contribution in [0.4, 0.5) is 30.2 Å². The van der Waals surface area contributed by atoms with Crippen LogP contribution in [0.2, 0.25) is 0 Å². The molecule has 0 amide bonds. The molecule has 106 valence electrons. The van der Waals surface area contributed by atoms with Crippen LogP contribution in [0, 0.1) is 6.92 Å². The van der Waals surface area contributed by atoms with E-state index in [9.17, 15) is 13.2 Å². The molecule has 0 aliphatic heterocycles. The molecule has 0 aliphatic carbocycles. The van der Waals surface area contributed by atoms with Gasteiger partial charge < -0.3 is 11.1 Å². The van der Waals surface area contributed by atoms with Crippen molar-refractivity contribution in [3.63, 3.8) is 0 Å². The van der Waals surface area contributed by atoms with Gasteiger partial charge in [-0.1, -0.05) is 15.9 Å². The topological polar surface area (TPSA) is 38.0 Å². The predicted molar refractivity (Wildman–Crippen MR) is 78.0 cm³/mol. The zero-order valence-electron chi connectivity index (χ0n) is 10.6. The van der Waals surface area contributed by atoms with Gasteiger partial charge in [-0.15, -0.1) is 0 Å². The molecule has 0 unspecified atom stereocenters. The summed E-state index contributed by atoms with van der Waals surface area (Å²) in [4.78, 5) is 0. The molecule has 0 aromatic heterocycles. The van der Waals surface area contributed by atoms with Gasteiger partial charge >= 0.3 is 6.18 Å². The Bertz CT molecular complexity index is 619. The van der Waals surface area contributed by atoms with Crippen LogP contribution in [0.3, 0.4) is 0 Å². The van der Waals surface area contributed by atoms with E-state index < -0.39 is 11.7 Å². The van der Waals surface area contributed by atoms with Crippen LogP contribution in [0.15, 0.2) is 40.9 Å². The second kappa shape index (κ2) is 5.36. The maximum atomic E-state index is 12.8.